The van der Waals surface area contributed by atoms with Gasteiger partial charge < -0.3 is 24.4 Å². The molecule has 2 heterocycles. The molecule has 1 unspecified atom stereocenters. The molecule has 0 aromatic heterocycles. The summed E-state index contributed by atoms with van der Waals surface area (Å²) in [5, 5.41) is 8.19. The van der Waals surface area contributed by atoms with Gasteiger partial charge in [0.25, 0.3) is 0 Å². The van der Waals surface area contributed by atoms with Crippen LogP contribution in [0.4, 0.5) is 0 Å². The molecule has 3 aliphatic rings. The van der Waals surface area contributed by atoms with Gasteiger partial charge >= 0.3 is 0 Å². The van der Waals surface area contributed by atoms with E-state index in [1.807, 2.05) is 6.07 Å². The molecular weight excluding hydrogens is 356 g/mol. The zero-order valence-electron chi connectivity index (χ0n) is 17.0. The van der Waals surface area contributed by atoms with E-state index in [1.165, 1.54) is 12.0 Å². The van der Waals surface area contributed by atoms with Gasteiger partial charge in [-0.2, -0.15) is 0 Å². The van der Waals surface area contributed by atoms with Gasteiger partial charge in [0.05, 0.1) is 26.5 Å². The molecule has 3 atom stereocenters. The second-order valence-corrected chi connectivity index (χ2v) is 8.25. The average Bonchev–Trinajstić information content (AvgIpc) is 3.15. The highest BCUT2D eigenvalue weighted by atomic mass is 16.8. The van der Waals surface area contributed by atoms with Crippen LogP contribution in [0.2, 0.25) is 0 Å². The lowest BCUT2D eigenvalue weighted by Crippen LogP contribution is -2.44. The zero-order chi connectivity index (χ0) is 19.4. The first kappa shape index (κ1) is 19.5. The third kappa shape index (κ3) is 4.13. The minimum Gasteiger partial charge on any atom is -0.493 e. The van der Waals surface area contributed by atoms with Crippen LogP contribution in [0, 0.1) is 5.41 Å². The van der Waals surface area contributed by atoms with Gasteiger partial charge in [-0.3, -0.25) is 0 Å². The molecule has 0 spiro atoms. The van der Waals surface area contributed by atoms with E-state index in [0.717, 1.165) is 75.3 Å². The fourth-order valence-electron chi connectivity index (χ4n) is 4.91. The molecule has 0 radical (unpaired) electrons. The highest BCUT2D eigenvalue weighted by Gasteiger charge is 2.45. The molecule has 1 N–H and O–H groups in total. The second-order valence-electron chi connectivity index (χ2n) is 8.25. The molecule has 2 saturated heterocycles. The van der Waals surface area contributed by atoms with Crippen molar-refractivity contribution in [1.29, 1.82) is 0 Å². The number of benzene rings is 1. The van der Waals surface area contributed by atoms with Crippen LogP contribution in [-0.4, -0.2) is 45.4 Å². The maximum atomic E-state index is 5.69. The Hall–Kier alpha value is -1.79. The van der Waals surface area contributed by atoms with Crippen LogP contribution in [0.5, 0.6) is 11.5 Å². The van der Waals surface area contributed by atoms with E-state index < -0.39 is 0 Å². The third-order valence-electron chi connectivity index (χ3n) is 6.55. The molecule has 2 aliphatic heterocycles. The summed E-state index contributed by atoms with van der Waals surface area (Å²) >= 11 is 0. The van der Waals surface area contributed by atoms with Crippen molar-refractivity contribution in [2.75, 3.05) is 27.4 Å². The van der Waals surface area contributed by atoms with Crippen molar-refractivity contribution in [3.63, 3.8) is 0 Å². The summed E-state index contributed by atoms with van der Waals surface area (Å²) < 4.78 is 16.5. The standard InChI is InChI=1S/C22H32N2O4/c1-25-18-7-6-16(13-19(18)26-2)15-22-9-8-17(14-20(22)23-11-10-22)24-28-21-5-3-4-12-27-21/h6-7,13,20-21,23H,3-5,8-12,14-15H2,1-2H3/t20-,21?,22+/m0/s1. The Balaban J connectivity index is 1.42. The zero-order valence-corrected chi connectivity index (χ0v) is 17.0. The van der Waals surface area contributed by atoms with E-state index in [-0.39, 0.29) is 11.7 Å². The van der Waals surface area contributed by atoms with Crippen LogP contribution in [0.25, 0.3) is 0 Å². The smallest absolute Gasteiger partial charge is 0.226 e. The topological polar surface area (TPSA) is 61.3 Å². The summed E-state index contributed by atoms with van der Waals surface area (Å²) in [6, 6.07) is 6.74. The molecule has 0 bridgehead atoms. The number of methoxy groups -OCH3 is 2. The number of nitrogens with one attached hydrogen (secondary N) is 1. The van der Waals surface area contributed by atoms with Crippen molar-refractivity contribution >= 4 is 5.71 Å². The summed E-state index contributed by atoms with van der Waals surface area (Å²) in [4.78, 5) is 5.69. The van der Waals surface area contributed by atoms with Crippen LogP contribution in [0.1, 0.15) is 50.5 Å². The fraction of sp³-hybridized carbons (Fsp3) is 0.682. The van der Waals surface area contributed by atoms with Gasteiger partial charge in [-0.05, 0) is 68.2 Å². The Morgan fingerprint density at radius 3 is 2.86 bits per heavy atom. The maximum absolute atomic E-state index is 5.69. The number of rotatable bonds is 6. The molecule has 0 amide bonds. The third-order valence-corrected chi connectivity index (χ3v) is 6.55. The summed E-state index contributed by atoms with van der Waals surface area (Å²) in [5.41, 5.74) is 2.75. The Bertz CT molecular complexity index is 702. The van der Waals surface area contributed by atoms with Gasteiger partial charge in [0.1, 0.15) is 0 Å². The summed E-state index contributed by atoms with van der Waals surface area (Å²) in [5.74, 6) is 1.59. The number of nitrogens with zero attached hydrogens (tertiary/aromatic N) is 1. The van der Waals surface area contributed by atoms with Crippen molar-refractivity contribution in [1.82, 2.24) is 5.32 Å². The highest BCUT2D eigenvalue weighted by Crippen LogP contribution is 2.45. The monoisotopic (exact) mass is 388 g/mol. The molecule has 6 heteroatoms. The maximum Gasteiger partial charge on any atom is 0.226 e. The lowest BCUT2D eigenvalue weighted by molar-refractivity contribution is -0.162. The summed E-state index contributed by atoms with van der Waals surface area (Å²) in [6.07, 6.45) is 8.41. The Labute approximate surface area is 167 Å². The van der Waals surface area contributed by atoms with Crippen LogP contribution in [0.3, 0.4) is 0 Å². The quantitative estimate of drug-likeness (QED) is 0.754. The van der Waals surface area contributed by atoms with Gasteiger partial charge in [0, 0.05) is 18.9 Å². The molecule has 1 aromatic rings. The first-order chi connectivity index (χ1) is 13.7. The van der Waals surface area contributed by atoms with Gasteiger partial charge in [0.15, 0.2) is 11.5 Å². The fourth-order valence-corrected chi connectivity index (χ4v) is 4.91. The summed E-state index contributed by atoms with van der Waals surface area (Å²) in [6.45, 7) is 1.85. The number of hydrogen-bond acceptors (Lipinski definition) is 6. The van der Waals surface area contributed by atoms with E-state index in [9.17, 15) is 0 Å². The van der Waals surface area contributed by atoms with E-state index >= 15 is 0 Å². The average molecular weight is 389 g/mol. The van der Waals surface area contributed by atoms with Crippen molar-refractivity contribution in [3.05, 3.63) is 23.8 Å². The molecule has 1 aromatic carbocycles. The van der Waals surface area contributed by atoms with Crippen molar-refractivity contribution in [2.24, 2.45) is 10.6 Å². The predicted molar refractivity (Wildman–Crippen MR) is 108 cm³/mol. The van der Waals surface area contributed by atoms with Crippen LogP contribution in [-0.2, 0) is 16.0 Å². The van der Waals surface area contributed by atoms with Crippen LogP contribution in [0.15, 0.2) is 23.4 Å². The molecule has 6 nitrogen and oxygen atoms in total. The van der Waals surface area contributed by atoms with Gasteiger partial charge in [-0.25, -0.2) is 0 Å². The number of fused-ring (bicyclic) bond motifs is 1. The predicted octanol–water partition coefficient (Wildman–Crippen LogP) is 3.68. The number of ether oxygens (including phenoxy) is 3. The molecule has 4 rings (SSSR count). The van der Waals surface area contributed by atoms with Crippen LogP contribution >= 0.6 is 0 Å². The molecule has 154 valence electrons. The Kier molecular flexibility index (Phi) is 6.07. The van der Waals surface area contributed by atoms with E-state index in [1.54, 1.807) is 14.2 Å². The van der Waals surface area contributed by atoms with E-state index in [2.05, 4.69) is 22.6 Å². The minimum atomic E-state index is -0.156. The van der Waals surface area contributed by atoms with E-state index in [0.29, 0.717) is 6.04 Å². The second kappa shape index (κ2) is 8.70. The Morgan fingerprint density at radius 1 is 1.18 bits per heavy atom. The SMILES string of the molecule is COc1ccc(C[C@@]23CCN[C@H]2CC(=NOC2CCCCO2)CC3)cc1OC. The van der Waals surface area contributed by atoms with Gasteiger partial charge in [-0.1, -0.05) is 11.2 Å². The number of hydrogen-bond donors (Lipinski definition) is 1. The molecule has 28 heavy (non-hydrogen) atoms. The molecule has 3 fully saturated rings. The lowest BCUT2D eigenvalue weighted by Gasteiger charge is -2.39. The Morgan fingerprint density at radius 2 is 2.07 bits per heavy atom. The van der Waals surface area contributed by atoms with Crippen molar-refractivity contribution < 1.29 is 19.0 Å². The minimum absolute atomic E-state index is 0.156. The normalized spacial score (nSPS) is 31.4. The lowest BCUT2D eigenvalue weighted by atomic mass is 9.67. The van der Waals surface area contributed by atoms with Gasteiger partial charge in [-0.15, -0.1) is 0 Å². The highest BCUT2D eigenvalue weighted by molar-refractivity contribution is 5.85. The molecular formula is C22H32N2O4. The van der Waals surface area contributed by atoms with Gasteiger partial charge in [0.2, 0.25) is 6.29 Å². The van der Waals surface area contributed by atoms with Crippen molar-refractivity contribution in [2.45, 2.75) is 63.7 Å². The van der Waals surface area contributed by atoms with Crippen LogP contribution < -0.4 is 14.8 Å². The van der Waals surface area contributed by atoms with E-state index in [4.69, 9.17) is 19.0 Å². The number of oxime groups is 1. The largest absolute Gasteiger partial charge is 0.493 e. The van der Waals surface area contributed by atoms with Crippen molar-refractivity contribution in [3.8, 4) is 11.5 Å². The first-order valence-corrected chi connectivity index (χ1v) is 10.5. The molecule has 1 aliphatic carbocycles. The summed E-state index contributed by atoms with van der Waals surface area (Å²) in [7, 11) is 3.37. The first-order valence-electron chi connectivity index (χ1n) is 10.5. The molecule has 1 saturated carbocycles.